The molecule has 0 radical (unpaired) electrons. The molecule has 0 bridgehead atoms. The van der Waals surface area contributed by atoms with Crippen molar-refractivity contribution >= 4 is 40.2 Å². The van der Waals surface area contributed by atoms with Crippen LogP contribution in [-0.4, -0.2) is 41.5 Å². The number of anilines is 1. The molecule has 21 heavy (non-hydrogen) atoms. The van der Waals surface area contributed by atoms with E-state index in [2.05, 4.69) is 27.9 Å². The first-order valence-electron chi connectivity index (χ1n) is 6.78. The highest BCUT2D eigenvalue weighted by Crippen LogP contribution is 2.17. The summed E-state index contributed by atoms with van der Waals surface area (Å²) in [6, 6.07) is 5.77. The molecule has 0 saturated carbocycles. The number of carboxylic acids is 1. The first-order valence-corrected chi connectivity index (χ1v) is 7.86. The lowest BCUT2D eigenvalue weighted by Gasteiger charge is -2.21. The van der Waals surface area contributed by atoms with Gasteiger partial charge in [0.05, 0.1) is 13.1 Å². The average Bonchev–Trinajstić information content (AvgIpc) is 2.30. The Kier molecular flexibility index (Phi) is 7.10. The third kappa shape index (κ3) is 6.90. The highest BCUT2D eigenvalue weighted by Gasteiger charge is 2.15. The summed E-state index contributed by atoms with van der Waals surface area (Å²) >= 11 is 2.22. The molecule has 0 aliphatic heterocycles. The van der Waals surface area contributed by atoms with Gasteiger partial charge in [-0.3, -0.25) is 14.5 Å². The Hall–Kier alpha value is -1.15. The standard InChI is InChI=1S/C15H21IN2O3/c1-10(2)7-18(9-15(20)21)8-14(19)17-13-5-4-12(16)6-11(13)3/h4-6,10H,7-9H2,1-3H3,(H,17,19)(H,20,21). The molecular weight excluding hydrogens is 383 g/mol. The zero-order valence-corrected chi connectivity index (χ0v) is 14.7. The fraction of sp³-hybridized carbons (Fsp3) is 0.467. The van der Waals surface area contributed by atoms with Gasteiger partial charge in [0.2, 0.25) is 5.91 Å². The van der Waals surface area contributed by atoms with Crippen molar-refractivity contribution in [2.75, 3.05) is 25.0 Å². The molecule has 0 aromatic heterocycles. The number of aliphatic carboxylic acids is 1. The molecule has 1 rings (SSSR count). The van der Waals surface area contributed by atoms with Gasteiger partial charge in [-0.2, -0.15) is 0 Å². The van der Waals surface area contributed by atoms with Crippen molar-refractivity contribution in [3.63, 3.8) is 0 Å². The van der Waals surface area contributed by atoms with Crippen LogP contribution in [0.1, 0.15) is 19.4 Å². The van der Waals surface area contributed by atoms with Gasteiger partial charge < -0.3 is 10.4 Å². The third-order valence-corrected chi connectivity index (χ3v) is 3.48. The summed E-state index contributed by atoms with van der Waals surface area (Å²) in [4.78, 5) is 24.6. The van der Waals surface area contributed by atoms with Crippen LogP contribution in [0.25, 0.3) is 0 Å². The second-order valence-electron chi connectivity index (χ2n) is 5.46. The average molecular weight is 404 g/mol. The SMILES string of the molecule is Cc1cc(I)ccc1NC(=O)CN(CC(=O)O)CC(C)C. The molecular formula is C15H21IN2O3. The topological polar surface area (TPSA) is 69.6 Å². The lowest BCUT2D eigenvalue weighted by molar-refractivity contribution is -0.138. The van der Waals surface area contributed by atoms with Crippen molar-refractivity contribution in [3.05, 3.63) is 27.3 Å². The number of hydrogen-bond acceptors (Lipinski definition) is 3. The van der Waals surface area contributed by atoms with Crippen LogP contribution in [-0.2, 0) is 9.59 Å². The minimum atomic E-state index is -0.922. The number of rotatable bonds is 7. The summed E-state index contributed by atoms with van der Waals surface area (Å²) in [5.74, 6) is -0.813. The Morgan fingerprint density at radius 3 is 2.52 bits per heavy atom. The minimum Gasteiger partial charge on any atom is -0.480 e. The van der Waals surface area contributed by atoms with E-state index in [0.717, 1.165) is 14.8 Å². The maximum absolute atomic E-state index is 12.1. The number of hydrogen-bond donors (Lipinski definition) is 2. The largest absolute Gasteiger partial charge is 0.480 e. The predicted octanol–water partition coefficient (Wildman–Crippen LogP) is 2.58. The fourth-order valence-electron chi connectivity index (χ4n) is 2.05. The van der Waals surface area contributed by atoms with Gasteiger partial charge in [-0.1, -0.05) is 13.8 Å². The molecule has 116 valence electrons. The summed E-state index contributed by atoms with van der Waals surface area (Å²) in [6.07, 6.45) is 0. The van der Waals surface area contributed by atoms with Gasteiger partial charge in [0.25, 0.3) is 0 Å². The van der Waals surface area contributed by atoms with E-state index >= 15 is 0 Å². The van der Waals surface area contributed by atoms with Crippen LogP contribution in [0, 0.1) is 16.4 Å². The van der Waals surface area contributed by atoms with Crippen molar-refractivity contribution in [2.24, 2.45) is 5.92 Å². The van der Waals surface area contributed by atoms with Crippen LogP contribution < -0.4 is 5.32 Å². The molecule has 6 heteroatoms. The van der Waals surface area contributed by atoms with Crippen LogP contribution in [0.5, 0.6) is 0 Å². The summed E-state index contributed by atoms with van der Waals surface area (Å²) < 4.78 is 1.11. The van der Waals surface area contributed by atoms with Gasteiger partial charge in [0, 0.05) is 15.8 Å². The number of carbonyl (C=O) groups excluding carboxylic acids is 1. The van der Waals surface area contributed by atoms with Gasteiger partial charge >= 0.3 is 5.97 Å². The molecule has 0 heterocycles. The Balaban J connectivity index is 2.66. The van der Waals surface area contributed by atoms with Gasteiger partial charge in [-0.05, 0) is 59.2 Å². The smallest absolute Gasteiger partial charge is 0.317 e. The lowest BCUT2D eigenvalue weighted by atomic mass is 10.2. The molecule has 0 fully saturated rings. The molecule has 2 N–H and O–H groups in total. The number of carboxylic acid groups (broad SMARTS) is 1. The number of aryl methyl sites for hydroxylation is 1. The van der Waals surface area contributed by atoms with Gasteiger partial charge in [0.15, 0.2) is 0 Å². The van der Waals surface area contributed by atoms with E-state index in [0.29, 0.717) is 12.5 Å². The van der Waals surface area contributed by atoms with Crippen molar-refractivity contribution in [2.45, 2.75) is 20.8 Å². The van der Waals surface area contributed by atoms with E-state index in [9.17, 15) is 9.59 Å². The van der Waals surface area contributed by atoms with Crippen LogP contribution in [0.3, 0.4) is 0 Å². The minimum absolute atomic E-state index is 0.0793. The number of nitrogens with one attached hydrogen (secondary N) is 1. The van der Waals surface area contributed by atoms with E-state index in [1.807, 2.05) is 39.0 Å². The first kappa shape index (κ1) is 17.9. The highest BCUT2D eigenvalue weighted by molar-refractivity contribution is 14.1. The summed E-state index contributed by atoms with van der Waals surface area (Å²) in [5, 5.41) is 11.7. The molecule has 0 aliphatic carbocycles. The Labute approximate surface area is 138 Å². The molecule has 1 aromatic rings. The Morgan fingerprint density at radius 2 is 2.00 bits per heavy atom. The summed E-state index contributed by atoms with van der Waals surface area (Å²) in [6.45, 7) is 6.45. The van der Waals surface area contributed by atoms with E-state index < -0.39 is 5.97 Å². The van der Waals surface area contributed by atoms with Crippen LogP contribution >= 0.6 is 22.6 Å². The Morgan fingerprint density at radius 1 is 1.33 bits per heavy atom. The molecule has 0 atom stereocenters. The van der Waals surface area contributed by atoms with Crippen molar-refractivity contribution < 1.29 is 14.7 Å². The van der Waals surface area contributed by atoms with Crippen LogP contribution in [0.2, 0.25) is 0 Å². The number of amides is 1. The molecule has 1 aromatic carbocycles. The molecule has 0 spiro atoms. The van der Waals surface area contributed by atoms with Gasteiger partial charge in [-0.15, -0.1) is 0 Å². The number of halogens is 1. The second kappa shape index (κ2) is 8.33. The third-order valence-electron chi connectivity index (χ3n) is 2.81. The number of benzene rings is 1. The molecule has 0 aliphatic rings. The zero-order chi connectivity index (χ0) is 16.0. The molecule has 0 saturated heterocycles. The molecule has 5 nitrogen and oxygen atoms in total. The highest BCUT2D eigenvalue weighted by atomic mass is 127. The van der Waals surface area contributed by atoms with Crippen LogP contribution in [0.15, 0.2) is 18.2 Å². The number of nitrogens with zero attached hydrogens (tertiary/aromatic N) is 1. The Bertz CT molecular complexity index is 518. The second-order valence-corrected chi connectivity index (χ2v) is 6.71. The lowest BCUT2D eigenvalue weighted by Crippen LogP contribution is -2.39. The normalized spacial score (nSPS) is 11.0. The van der Waals surface area contributed by atoms with E-state index in [4.69, 9.17) is 5.11 Å². The zero-order valence-electron chi connectivity index (χ0n) is 12.5. The predicted molar refractivity (Wildman–Crippen MR) is 91.4 cm³/mol. The fourth-order valence-corrected chi connectivity index (χ4v) is 2.70. The quantitative estimate of drug-likeness (QED) is 0.686. The van der Waals surface area contributed by atoms with E-state index in [1.165, 1.54) is 0 Å². The van der Waals surface area contributed by atoms with Gasteiger partial charge in [-0.25, -0.2) is 0 Å². The van der Waals surface area contributed by atoms with E-state index in [-0.39, 0.29) is 19.0 Å². The monoisotopic (exact) mass is 404 g/mol. The van der Waals surface area contributed by atoms with E-state index in [1.54, 1.807) is 4.90 Å². The van der Waals surface area contributed by atoms with Gasteiger partial charge in [0.1, 0.15) is 0 Å². The molecule has 1 amide bonds. The molecule has 0 unspecified atom stereocenters. The number of carbonyl (C=O) groups is 2. The summed E-state index contributed by atoms with van der Waals surface area (Å²) in [7, 11) is 0. The van der Waals surface area contributed by atoms with Crippen molar-refractivity contribution in [1.29, 1.82) is 0 Å². The first-order chi connectivity index (χ1) is 9.77. The maximum atomic E-state index is 12.1. The van der Waals surface area contributed by atoms with Crippen molar-refractivity contribution in [3.8, 4) is 0 Å². The van der Waals surface area contributed by atoms with Crippen molar-refractivity contribution in [1.82, 2.24) is 4.90 Å². The maximum Gasteiger partial charge on any atom is 0.317 e. The van der Waals surface area contributed by atoms with Crippen LogP contribution in [0.4, 0.5) is 5.69 Å². The summed E-state index contributed by atoms with van der Waals surface area (Å²) in [5.41, 5.74) is 1.75.